The lowest BCUT2D eigenvalue weighted by atomic mass is 10.2. The Labute approximate surface area is 119 Å². The number of hydrogen-bond donors (Lipinski definition) is 1. The van der Waals surface area contributed by atoms with Gasteiger partial charge < -0.3 is 4.74 Å². The van der Waals surface area contributed by atoms with Gasteiger partial charge in [-0.15, -0.1) is 0 Å². The maximum atomic E-state index is 11.7. The van der Waals surface area contributed by atoms with Crippen molar-refractivity contribution in [3.63, 3.8) is 0 Å². The number of benzene rings is 1. The molecule has 0 aliphatic carbocycles. The van der Waals surface area contributed by atoms with E-state index in [-0.39, 0.29) is 6.61 Å². The van der Waals surface area contributed by atoms with Gasteiger partial charge in [-0.3, -0.25) is 5.32 Å². The molecule has 4 nitrogen and oxygen atoms in total. The molecule has 98 valence electrons. The van der Waals surface area contributed by atoms with E-state index in [4.69, 9.17) is 4.74 Å². The molecule has 2 rings (SSSR count). The molecule has 1 aromatic heterocycles. The molecule has 0 aliphatic heterocycles. The van der Waals surface area contributed by atoms with Crippen LogP contribution in [0.3, 0.4) is 0 Å². The highest BCUT2D eigenvalue weighted by Gasteiger charge is 2.07. The molecule has 0 atom stereocenters. The van der Waals surface area contributed by atoms with Crippen LogP contribution in [0.2, 0.25) is 0 Å². The zero-order valence-corrected chi connectivity index (χ0v) is 12.0. The molecule has 1 amide bonds. The van der Waals surface area contributed by atoms with Crippen LogP contribution in [0.25, 0.3) is 0 Å². The second kappa shape index (κ2) is 6.33. The van der Waals surface area contributed by atoms with Crippen molar-refractivity contribution in [2.45, 2.75) is 13.5 Å². The molecule has 0 bridgehead atoms. The van der Waals surface area contributed by atoms with E-state index >= 15 is 0 Å². The minimum Gasteiger partial charge on any atom is -0.444 e. The summed E-state index contributed by atoms with van der Waals surface area (Å²) in [7, 11) is 0. The van der Waals surface area contributed by atoms with E-state index in [0.717, 1.165) is 11.1 Å². The summed E-state index contributed by atoms with van der Waals surface area (Å²) < 4.78 is 5.80. The normalized spacial score (nSPS) is 10.0. The molecular formula is C14H13BrN2O2. The Morgan fingerprint density at radius 2 is 2.11 bits per heavy atom. The summed E-state index contributed by atoms with van der Waals surface area (Å²) in [6.07, 6.45) is 1.20. The highest BCUT2D eigenvalue weighted by molar-refractivity contribution is 9.10. The first-order valence-corrected chi connectivity index (χ1v) is 6.54. The molecule has 0 unspecified atom stereocenters. The van der Waals surface area contributed by atoms with E-state index in [9.17, 15) is 4.79 Å². The lowest BCUT2D eigenvalue weighted by Crippen LogP contribution is -2.14. The maximum Gasteiger partial charge on any atom is 0.411 e. The maximum absolute atomic E-state index is 11.7. The summed E-state index contributed by atoms with van der Waals surface area (Å²) in [5.41, 5.74) is 2.50. The number of rotatable bonds is 3. The Bertz CT molecular complexity index is 573. The van der Waals surface area contributed by atoms with Crippen LogP contribution in [0.4, 0.5) is 10.5 Å². The van der Waals surface area contributed by atoms with Crippen LogP contribution < -0.4 is 5.32 Å². The van der Waals surface area contributed by atoms with Gasteiger partial charge in [-0.05, 0) is 40.0 Å². The van der Waals surface area contributed by atoms with Gasteiger partial charge in [-0.2, -0.15) is 0 Å². The number of anilines is 1. The monoisotopic (exact) mass is 320 g/mol. The Morgan fingerprint density at radius 3 is 2.84 bits per heavy atom. The highest BCUT2D eigenvalue weighted by Crippen LogP contribution is 2.18. The number of nitrogens with zero attached hydrogens (tertiary/aromatic N) is 1. The van der Waals surface area contributed by atoms with Crippen molar-refractivity contribution < 1.29 is 9.53 Å². The zero-order chi connectivity index (χ0) is 13.7. The number of ether oxygens (including phenoxy) is 1. The molecule has 0 fully saturated rings. The summed E-state index contributed by atoms with van der Waals surface area (Å²) in [5, 5.41) is 2.69. The smallest absolute Gasteiger partial charge is 0.411 e. The van der Waals surface area contributed by atoms with Gasteiger partial charge in [0.1, 0.15) is 11.2 Å². The molecule has 19 heavy (non-hydrogen) atoms. The predicted octanol–water partition coefficient (Wildman–Crippen LogP) is 3.90. The first-order chi connectivity index (χ1) is 9.15. The fourth-order valence-corrected chi connectivity index (χ4v) is 1.83. The molecular weight excluding hydrogens is 308 g/mol. The van der Waals surface area contributed by atoms with E-state index in [1.165, 1.54) is 0 Å². The second-order valence-electron chi connectivity index (χ2n) is 4.01. The average molecular weight is 321 g/mol. The number of nitrogens with one attached hydrogen (secondary N) is 1. The molecule has 5 heteroatoms. The molecule has 0 spiro atoms. The summed E-state index contributed by atoms with van der Waals surface area (Å²) in [6, 6.07) is 11.3. The zero-order valence-electron chi connectivity index (χ0n) is 10.4. The van der Waals surface area contributed by atoms with Gasteiger partial charge in [-0.1, -0.05) is 30.3 Å². The number of pyridine rings is 1. The SMILES string of the molecule is Cc1cnc(Br)cc1NC(=O)OCc1ccccc1. The van der Waals surface area contributed by atoms with Crippen molar-refractivity contribution in [2.75, 3.05) is 5.32 Å². The van der Waals surface area contributed by atoms with Crippen molar-refractivity contribution >= 4 is 27.7 Å². The number of carbonyl (C=O) groups is 1. The number of hydrogen-bond acceptors (Lipinski definition) is 3. The quantitative estimate of drug-likeness (QED) is 0.872. The number of aryl methyl sites for hydroxylation is 1. The molecule has 1 aromatic carbocycles. The first kappa shape index (κ1) is 13.5. The Kier molecular flexibility index (Phi) is 4.52. The molecule has 0 aliphatic rings. The van der Waals surface area contributed by atoms with Crippen LogP contribution in [0.15, 0.2) is 47.2 Å². The van der Waals surface area contributed by atoms with Crippen LogP contribution in [-0.2, 0) is 11.3 Å². The lowest BCUT2D eigenvalue weighted by molar-refractivity contribution is 0.155. The molecule has 0 radical (unpaired) electrons. The minimum atomic E-state index is -0.481. The Hall–Kier alpha value is -1.88. The van der Waals surface area contributed by atoms with Crippen molar-refractivity contribution in [2.24, 2.45) is 0 Å². The van der Waals surface area contributed by atoms with Crippen molar-refractivity contribution in [3.05, 3.63) is 58.3 Å². The topological polar surface area (TPSA) is 51.2 Å². The van der Waals surface area contributed by atoms with E-state index in [1.807, 2.05) is 37.3 Å². The summed E-state index contributed by atoms with van der Waals surface area (Å²) in [5.74, 6) is 0. The van der Waals surface area contributed by atoms with Gasteiger partial charge in [0.05, 0.1) is 5.69 Å². The average Bonchev–Trinajstić information content (AvgIpc) is 2.42. The number of halogens is 1. The molecule has 0 saturated heterocycles. The summed E-state index contributed by atoms with van der Waals surface area (Å²) >= 11 is 3.26. The van der Waals surface area contributed by atoms with Crippen LogP contribution in [0, 0.1) is 6.92 Å². The van der Waals surface area contributed by atoms with Crippen molar-refractivity contribution in [1.82, 2.24) is 4.98 Å². The van der Waals surface area contributed by atoms with Gasteiger partial charge in [0.15, 0.2) is 0 Å². The largest absolute Gasteiger partial charge is 0.444 e. The van der Waals surface area contributed by atoms with Crippen LogP contribution >= 0.6 is 15.9 Å². The van der Waals surface area contributed by atoms with Gasteiger partial charge in [0.2, 0.25) is 0 Å². The van der Waals surface area contributed by atoms with E-state index in [1.54, 1.807) is 12.3 Å². The lowest BCUT2D eigenvalue weighted by Gasteiger charge is -2.09. The fourth-order valence-electron chi connectivity index (χ4n) is 1.50. The molecule has 2 aromatic rings. The van der Waals surface area contributed by atoms with Gasteiger partial charge >= 0.3 is 6.09 Å². The predicted molar refractivity (Wildman–Crippen MR) is 76.9 cm³/mol. The third-order valence-electron chi connectivity index (χ3n) is 2.52. The minimum absolute atomic E-state index is 0.248. The number of carbonyl (C=O) groups excluding carboxylic acids is 1. The Morgan fingerprint density at radius 1 is 1.37 bits per heavy atom. The molecule has 0 saturated carbocycles. The van der Waals surface area contributed by atoms with Crippen molar-refractivity contribution in [3.8, 4) is 0 Å². The Balaban J connectivity index is 1.93. The summed E-state index contributed by atoms with van der Waals surface area (Å²) in [4.78, 5) is 15.7. The third kappa shape index (κ3) is 4.06. The van der Waals surface area contributed by atoms with Gasteiger partial charge in [-0.25, -0.2) is 9.78 Å². The van der Waals surface area contributed by atoms with E-state index in [2.05, 4.69) is 26.2 Å². The van der Waals surface area contributed by atoms with Crippen LogP contribution in [0.5, 0.6) is 0 Å². The van der Waals surface area contributed by atoms with Gasteiger partial charge in [0.25, 0.3) is 0 Å². The standard InChI is InChI=1S/C14H13BrN2O2/c1-10-8-16-13(15)7-12(10)17-14(18)19-9-11-5-3-2-4-6-11/h2-8H,9H2,1H3,(H,16,17,18). The van der Waals surface area contributed by atoms with Crippen molar-refractivity contribution in [1.29, 1.82) is 0 Å². The molecule has 1 N–H and O–H groups in total. The molecule has 1 heterocycles. The second-order valence-corrected chi connectivity index (χ2v) is 4.82. The highest BCUT2D eigenvalue weighted by atomic mass is 79.9. The van der Waals surface area contributed by atoms with E-state index in [0.29, 0.717) is 10.3 Å². The van der Waals surface area contributed by atoms with Crippen LogP contribution in [0.1, 0.15) is 11.1 Å². The first-order valence-electron chi connectivity index (χ1n) is 5.75. The van der Waals surface area contributed by atoms with Gasteiger partial charge in [0, 0.05) is 6.20 Å². The number of aromatic nitrogens is 1. The number of amides is 1. The van der Waals surface area contributed by atoms with Crippen LogP contribution in [-0.4, -0.2) is 11.1 Å². The van der Waals surface area contributed by atoms with E-state index < -0.39 is 6.09 Å². The summed E-state index contributed by atoms with van der Waals surface area (Å²) in [6.45, 7) is 2.12. The fraction of sp³-hybridized carbons (Fsp3) is 0.143. The third-order valence-corrected chi connectivity index (χ3v) is 2.95.